The van der Waals surface area contributed by atoms with Gasteiger partial charge in [0.1, 0.15) is 17.6 Å². The SMILES string of the molecule is CCC(CC)(c1ccc(OC(C)C(O)C(C)(C)C)c(C)c1)c1ccc(C(=O)N(C)CC(C)=O)c(C)c1. The molecule has 0 heterocycles. The molecule has 0 fully saturated rings. The fourth-order valence-electron chi connectivity index (χ4n) is 5.09. The zero-order valence-corrected chi connectivity index (χ0v) is 23.9. The maximum absolute atomic E-state index is 12.9. The van der Waals surface area contributed by atoms with E-state index in [9.17, 15) is 14.7 Å². The number of amides is 1. The summed E-state index contributed by atoms with van der Waals surface area (Å²) in [6, 6.07) is 12.4. The number of rotatable bonds is 10. The van der Waals surface area contributed by atoms with Crippen LogP contribution in [0.25, 0.3) is 0 Å². The van der Waals surface area contributed by atoms with Gasteiger partial charge in [-0.1, -0.05) is 58.9 Å². The van der Waals surface area contributed by atoms with Crippen LogP contribution in [-0.4, -0.2) is 47.5 Å². The number of ketones is 1. The van der Waals surface area contributed by atoms with Gasteiger partial charge in [0.25, 0.3) is 5.91 Å². The Labute approximate surface area is 217 Å². The minimum Gasteiger partial charge on any atom is -0.488 e. The predicted octanol–water partition coefficient (Wildman–Crippen LogP) is 6.24. The van der Waals surface area contributed by atoms with Gasteiger partial charge in [-0.25, -0.2) is 0 Å². The van der Waals surface area contributed by atoms with Crippen LogP contribution in [0.1, 0.15) is 93.9 Å². The van der Waals surface area contributed by atoms with Crippen molar-refractivity contribution in [3.63, 3.8) is 0 Å². The second kappa shape index (κ2) is 11.6. The standard InChI is InChI=1S/C31H45NO4/c1-11-31(12-2,24-13-15-26(20(3)17-24)29(35)32(10)19-22(5)33)25-14-16-27(21(4)18-25)36-23(6)28(34)30(7,8)9/h13-18,23,28,34H,11-12,19H2,1-10H3. The molecule has 5 nitrogen and oxygen atoms in total. The van der Waals surface area contributed by atoms with E-state index in [2.05, 4.69) is 38.1 Å². The molecule has 1 N–H and O–H groups in total. The molecule has 0 aliphatic heterocycles. The van der Waals surface area contributed by atoms with Crippen molar-refractivity contribution in [3.8, 4) is 5.75 Å². The molecule has 2 aromatic carbocycles. The number of benzene rings is 2. The van der Waals surface area contributed by atoms with Crippen LogP contribution in [-0.2, 0) is 10.2 Å². The number of aryl methyl sites for hydroxylation is 2. The van der Waals surface area contributed by atoms with Crippen LogP contribution in [0.3, 0.4) is 0 Å². The van der Waals surface area contributed by atoms with Gasteiger partial charge in [-0.15, -0.1) is 0 Å². The van der Waals surface area contributed by atoms with Gasteiger partial charge in [-0.05, 0) is 80.3 Å². The first-order chi connectivity index (χ1) is 16.7. The highest BCUT2D eigenvalue weighted by Crippen LogP contribution is 2.41. The van der Waals surface area contributed by atoms with Crippen molar-refractivity contribution in [1.29, 1.82) is 0 Å². The Morgan fingerprint density at radius 2 is 1.50 bits per heavy atom. The van der Waals surface area contributed by atoms with Gasteiger partial charge in [0.2, 0.25) is 0 Å². The Hall–Kier alpha value is -2.66. The predicted molar refractivity (Wildman–Crippen MR) is 147 cm³/mol. The average Bonchev–Trinajstić information content (AvgIpc) is 2.80. The number of nitrogens with zero attached hydrogens (tertiary/aromatic N) is 1. The number of aliphatic hydroxyl groups excluding tert-OH is 1. The summed E-state index contributed by atoms with van der Waals surface area (Å²) in [6.07, 6.45) is 0.893. The van der Waals surface area contributed by atoms with Crippen molar-refractivity contribution in [2.45, 2.75) is 92.8 Å². The van der Waals surface area contributed by atoms with Crippen LogP contribution in [0.2, 0.25) is 0 Å². The van der Waals surface area contributed by atoms with Crippen LogP contribution in [0.4, 0.5) is 0 Å². The molecule has 2 unspecified atom stereocenters. The van der Waals surface area contributed by atoms with Crippen LogP contribution in [0, 0.1) is 19.3 Å². The Bertz CT molecular complexity index is 1080. The third-order valence-electron chi connectivity index (χ3n) is 7.40. The first-order valence-electron chi connectivity index (χ1n) is 13.0. The lowest BCUT2D eigenvalue weighted by Gasteiger charge is -2.35. The zero-order valence-electron chi connectivity index (χ0n) is 23.9. The van der Waals surface area contributed by atoms with E-state index in [1.165, 1.54) is 23.0 Å². The van der Waals surface area contributed by atoms with E-state index in [1.54, 1.807) is 7.05 Å². The lowest BCUT2D eigenvalue weighted by atomic mass is 9.70. The van der Waals surface area contributed by atoms with Crippen molar-refractivity contribution < 1.29 is 19.4 Å². The third kappa shape index (κ3) is 6.36. The number of carbonyl (C=O) groups excluding carboxylic acids is 2. The van der Waals surface area contributed by atoms with Gasteiger partial charge in [0, 0.05) is 18.0 Å². The minimum atomic E-state index is -0.583. The van der Waals surface area contributed by atoms with E-state index >= 15 is 0 Å². The number of ether oxygens (including phenoxy) is 1. The molecule has 0 radical (unpaired) electrons. The third-order valence-corrected chi connectivity index (χ3v) is 7.40. The Kier molecular flexibility index (Phi) is 9.52. The summed E-state index contributed by atoms with van der Waals surface area (Å²) in [4.78, 5) is 25.8. The smallest absolute Gasteiger partial charge is 0.254 e. The molecule has 0 saturated heterocycles. The normalized spacial score (nSPS) is 13.8. The quantitative estimate of drug-likeness (QED) is 0.423. The summed E-state index contributed by atoms with van der Waals surface area (Å²) < 4.78 is 6.17. The fourth-order valence-corrected chi connectivity index (χ4v) is 5.09. The number of carbonyl (C=O) groups is 2. The summed E-state index contributed by atoms with van der Waals surface area (Å²) in [7, 11) is 1.66. The molecule has 0 bridgehead atoms. The number of Topliss-reactive ketones (excluding diaryl/α,β-unsaturated/α-hetero) is 1. The molecule has 0 aliphatic carbocycles. The summed E-state index contributed by atoms with van der Waals surface area (Å²) in [5, 5.41) is 10.6. The Balaban J connectivity index is 2.42. The molecule has 2 aromatic rings. The number of aliphatic hydroxyl groups is 1. The summed E-state index contributed by atoms with van der Waals surface area (Å²) >= 11 is 0. The Morgan fingerprint density at radius 3 is 1.94 bits per heavy atom. The molecular weight excluding hydrogens is 450 g/mol. The van der Waals surface area contributed by atoms with Gasteiger partial charge >= 0.3 is 0 Å². The highest BCUT2D eigenvalue weighted by Gasteiger charge is 2.33. The summed E-state index contributed by atoms with van der Waals surface area (Å²) in [6.45, 7) is 17.9. The number of hydrogen-bond acceptors (Lipinski definition) is 4. The van der Waals surface area contributed by atoms with Gasteiger partial charge in [0.05, 0.1) is 12.6 Å². The minimum absolute atomic E-state index is 0.0405. The van der Waals surface area contributed by atoms with E-state index in [4.69, 9.17) is 4.74 Å². The van der Waals surface area contributed by atoms with E-state index in [0.717, 1.165) is 29.7 Å². The van der Waals surface area contributed by atoms with E-state index in [-0.39, 0.29) is 35.2 Å². The Morgan fingerprint density at radius 1 is 0.972 bits per heavy atom. The highest BCUT2D eigenvalue weighted by atomic mass is 16.5. The molecule has 0 spiro atoms. The van der Waals surface area contributed by atoms with Crippen molar-refractivity contribution in [1.82, 2.24) is 4.90 Å². The van der Waals surface area contributed by atoms with Crippen molar-refractivity contribution in [3.05, 3.63) is 64.2 Å². The van der Waals surface area contributed by atoms with E-state index < -0.39 is 6.10 Å². The first kappa shape index (κ1) is 29.6. The van der Waals surface area contributed by atoms with Crippen LogP contribution >= 0.6 is 0 Å². The molecule has 5 heteroatoms. The van der Waals surface area contributed by atoms with Crippen molar-refractivity contribution in [2.75, 3.05) is 13.6 Å². The molecule has 1 amide bonds. The van der Waals surface area contributed by atoms with Gasteiger partial charge in [0.15, 0.2) is 0 Å². The molecule has 2 rings (SSSR count). The topological polar surface area (TPSA) is 66.8 Å². The van der Waals surface area contributed by atoms with Crippen LogP contribution < -0.4 is 4.74 Å². The van der Waals surface area contributed by atoms with Gasteiger partial charge in [-0.3, -0.25) is 9.59 Å². The monoisotopic (exact) mass is 495 g/mol. The molecule has 0 aliphatic rings. The molecule has 0 aromatic heterocycles. The number of likely N-dealkylation sites (N-methyl/N-ethyl adjacent to an activating group) is 1. The van der Waals surface area contributed by atoms with Crippen molar-refractivity contribution >= 4 is 11.7 Å². The lowest BCUT2D eigenvalue weighted by molar-refractivity contribution is -0.117. The highest BCUT2D eigenvalue weighted by molar-refractivity contribution is 5.97. The van der Waals surface area contributed by atoms with Crippen LogP contribution in [0.5, 0.6) is 5.75 Å². The molecule has 0 saturated carbocycles. The van der Waals surface area contributed by atoms with Gasteiger partial charge < -0.3 is 14.7 Å². The fraction of sp³-hybridized carbons (Fsp3) is 0.548. The molecular formula is C31H45NO4. The van der Waals surface area contributed by atoms with E-state index in [1.807, 2.05) is 53.7 Å². The summed E-state index contributed by atoms with van der Waals surface area (Å²) in [5.74, 6) is 0.597. The maximum Gasteiger partial charge on any atom is 0.254 e. The van der Waals surface area contributed by atoms with Crippen LogP contribution in [0.15, 0.2) is 36.4 Å². The molecule has 36 heavy (non-hydrogen) atoms. The largest absolute Gasteiger partial charge is 0.488 e. The zero-order chi connectivity index (χ0) is 27.4. The second-order valence-electron chi connectivity index (χ2n) is 11.3. The van der Waals surface area contributed by atoms with Crippen molar-refractivity contribution in [2.24, 2.45) is 5.41 Å². The number of hydrogen-bond donors (Lipinski definition) is 1. The lowest BCUT2D eigenvalue weighted by Crippen LogP contribution is -2.39. The second-order valence-corrected chi connectivity index (χ2v) is 11.3. The summed E-state index contributed by atoms with van der Waals surface area (Å²) in [5.41, 5.74) is 4.45. The molecule has 2 atom stereocenters. The maximum atomic E-state index is 12.9. The first-order valence-corrected chi connectivity index (χ1v) is 13.0. The average molecular weight is 496 g/mol. The molecule has 198 valence electrons. The van der Waals surface area contributed by atoms with E-state index in [0.29, 0.717) is 5.56 Å². The van der Waals surface area contributed by atoms with Gasteiger partial charge in [-0.2, -0.15) is 0 Å².